The van der Waals surface area contributed by atoms with Gasteiger partial charge in [0, 0.05) is 18.2 Å². The van der Waals surface area contributed by atoms with E-state index in [0.717, 1.165) is 22.9 Å². The lowest BCUT2D eigenvalue weighted by Crippen LogP contribution is -2.20. The van der Waals surface area contributed by atoms with Crippen LogP contribution in [0.3, 0.4) is 0 Å². The topological polar surface area (TPSA) is 117 Å². The highest BCUT2D eigenvalue weighted by Gasteiger charge is 2.26. The number of benzene rings is 2. The predicted molar refractivity (Wildman–Crippen MR) is 142 cm³/mol. The van der Waals surface area contributed by atoms with E-state index in [1.165, 1.54) is 25.4 Å². The van der Waals surface area contributed by atoms with Crippen molar-refractivity contribution in [1.82, 2.24) is 15.0 Å². The zero-order valence-electron chi connectivity index (χ0n) is 20.8. The number of carbonyl (C=O) groups excluding carboxylic acids is 1. The summed E-state index contributed by atoms with van der Waals surface area (Å²) in [6.07, 6.45) is 2.86. The zero-order valence-corrected chi connectivity index (χ0v) is 21.6. The summed E-state index contributed by atoms with van der Waals surface area (Å²) in [6, 6.07) is 11.9. The van der Waals surface area contributed by atoms with Crippen LogP contribution >= 0.6 is 0 Å². The van der Waals surface area contributed by atoms with Gasteiger partial charge in [-0.05, 0) is 54.2 Å². The van der Waals surface area contributed by atoms with Gasteiger partial charge in [0.05, 0.1) is 27.8 Å². The van der Waals surface area contributed by atoms with E-state index in [2.05, 4.69) is 39.4 Å². The normalized spacial score (nSPS) is 15.4. The molecule has 10 heteroatoms. The zero-order chi connectivity index (χ0) is 26.3. The van der Waals surface area contributed by atoms with E-state index < -0.39 is 15.7 Å². The van der Waals surface area contributed by atoms with Gasteiger partial charge in [-0.25, -0.2) is 22.8 Å². The smallest absolute Gasteiger partial charge is 0.221 e. The molecule has 1 aliphatic heterocycles. The van der Waals surface area contributed by atoms with Crippen LogP contribution < -0.4 is 10.6 Å². The Morgan fingerprint density at radius 2 is 1.92 bits per heavy atom. The van der Waals surface area contributed by atoms with Crippen molar-refractivity contribution in [2.45, 2.75) is 44.6 Å². The maximum Gasteiger partial charge on any atom is 0.221 e. The van der Waals surface area contributed by atoms with Crippen molar-refractivity contribution in [3.8, 4) is 11.3 Å². The number of anilines is 2. The number of fused-ring (bicyclic) bond motifs is 2. The lowest BCUT2D eigenvalue weighted by molar-refractivity contribution is -0.114. The van der Waals surface area contributed by atoms with Crippen molar-refractivity contribution in [1.29, 1.82) is 0 Å². The fourth-order valence-electron chi connectivity index (χ4n) is 4.79. The van der Waals surface area contributed by atoms with Crippen molar-refractivity contribution in [3.63, 3.8) is 0 Å². The number of amides is 1. The van der Waals surface area contributed by atoms with Gasteiger partial charge < -0.3 is 15.6 Å². The van der Waals surface area contributed by atoms with Gasteiger partial charge in [-0.3, -0.25) is 4.79 Å². The number of aryl methyl sites for hydroxylation is 1. The Bertz CT molecular complexity index is 1610. The second-order valence-corrected chi connectivity index (χ2v) is 11.8. The van der Waals surface area contributed by atoms with Crippen LogP contribution in [-0.4, -0.2) is 35.0 Å². The molecular weight excluding hydrogens is 493 g/mol. The maximum atomic E-state index is 14.5. The minimum absolute atomic E-state index is 0.112. The summed E-state index contributed by atoms with van der Waals surface area (Å²) in [7, 11) is -3.28. The highest BCUT2D eigenvalue weighted by atomic mass is 32.2. The fraction of sp³-hybridized carbons (Fsp3) is 0.296. The monoisotopic (exact) mass is 521 g/mol. The second-order valence-electron chi connectivity index (χ2n) is 9.70. The third kappa shape index (κ3) is 4.93. The van der Waals surface area contributed by atoms with Gasteiger partial charge in [0.15, 0.2) is 9.84 Å². The van der Waals surface area contributed by atoms with E-state index in [-0.39, 0.29) is 29.3 Å². The van der Waals surface area contributed by atoms with Gasteiger partial charge in [0.2, 0.25) is 5.91 Å². The molecule has 0 saturated heterocycles. The molecule has 2 aromatic carbocycles. The van der Waals surface area contributed by atoms with E-state index >= 15 is 0 Å². The van der Waals surface area contributed by atoms with Gasteiger partial charge in [-0.2, -0.15) is 0 Å². The fourth-order valence-corrected chi connectivity index (χ4v) is 6.42. The lowest BCUT2D eigenvalue weighted by Gasteiger charge is -2.26. The van der Waals surface area contributed by atoms with Gasteiger partial charge in [0.1, 0.15) is 23.6 Å². The Balaban J connectivity index is 1.50. The van der Waals surface area contributed by atoms with E-state index in [0.29, 0.717) is 34.0 Å². The molecule has 3 N–H and O–H groups in total. The number of hydrogen-bond donors (Lipinski definition) is 3. The highest BCUT2D eigenvalue weighted by Crippen LogP contribution is 2.34. The third-order valence-corrected chi connectivity index (χ3v) is 8.50. The van der Waals surface area contributed by atoms with Crippen molar-refractivity contribution in [2.24, 2.45) is 5.92 Å². The molecule has 4 aromatic rings. The summed E-state index contributed by atoms with van der Waals surface area (Å²) in [5.74, 6) is -0.00308. The van der Waals surface area contributed by atoms with Crippen LogP contribution in [0, 0.1) is 11.7 Å². The first-order valence-electron chi connectivity index (χ1n) is 12.2. The summed E-state index contributed by atoms with van der Waals surface area (Å²) < 4.78 is 39.9. The van der Waals surface area contributed by atoms with Crippen LogP contribution in [0.15, 0.2) is 53.7 Å². The molecule has 1 amide bonds. The molecule has 5 rings (SSSR count). The average molecular weight is 522 g/mol. The first kappa shape index (κ1) is 24.9. The van der Waals surface area contributed by atoms with Crippen LogP contribution in [0.2, 0.25) is 0 Å². The van der Waals surface area contributed by atoms with E-state index in [4.69, 9.17) is 0 Å². The largest absolute Gasteiger partial charge is 0.362 e. The van der Waals surface area contributed by atoms with Crippen molar-refractivity contribution >= 4 is 38.3 Å². The molecule has 0 fully saturated rings. The number of carbonyl (C=O) groups is 1. The number of H-pyrrole nitrogens is 1. The molecule has 0 spiro atoms. The van der Waals surface area contributed by atoms with Crippen LogP contribution in [0.4, 0.5) is 15.9 Å². The molecular formula is C27H28FN5O3S. The quantitative estimate of drug-likeness (QED) is 0.319. The number of halogens is 1. The van der Waals surface area contributed by atoms with Crippen LogP contribution in [0.25, 0.3) is 22.3 Å². The minimum Gasteiger partial charge on any atom is -0.362 e. The number of nitrogens with zero attached hydrogens (tertiary/aromatic N) is 2. The number of hydrogen-bond acceptors (Lipinski definition) is 6. The average Bonchev–Trinajstić information content (AvgIpc) is 3.28. The predicted octanol–water partition coefficient (Wildman–Crippen LogP) is 5.25. The molecule has 1 atom stereocenters. The minimum atomic E-state index is -3.28. The van der Waals surface area contributed by atoms with Gasteiger partial charge >= 0.3 is 0 Å². The molecule has 0 radical (unpaired) electrons. The van der Waals surface area contributed by atoms with Crippen LogP contribution in [0.5, 0.6) is 0 Å². The van der Waals surface area contributed by atoms with Crippen molar-refractivity contribution in [2.75, 3.05) is 16.4 Å². The molecule has 0 aliphatic carbocycles. The SMILES string of the molecule is CC(=O)Nc1ccc(-c2cc3c(N[C@@H](c4ccc5c(c4)S(=O)(=O)CCC5)C(C)C)ncnc3[nH]2)cc1F. The first-order valence-corrected chi connectivity index (χ1v) is 13.8. The maximum absolute atomic E-state index is 14.5. The Labute approximate surface area is 214 Å². The Morgan fingerprint density at radius 1 is 1.11 bits per heavy atom. The highest BCUT2D eigenvalue weighted by molar-refractivity contribution is 7.91. The Hall–Kier alpha value is -3.79. The molecule has 37 heavy (non-hydrogen) atoms. The molecule has 3 heterocycles. The van der Waals surface area contributed by atoms with Gasteiger partial charge in [0.25, 0.3) is 0 Å². The lowest BCUT2D eigenvalue weighted by atomic mass is 9.94. The molecule has 1 aliphatic rings. The summed E-state index contributed by atoms with van der Waals surface area (Å²) in [5, 5.41) is 6.68. The summed E-state index contributed by atoms with van der Waals surface area (Å²) >= 11 is 0. The summed E-state index contributed by atoms with van der Waals surface area (Å²) in [4.78, 5) is 23.7. The third-order valence-electron chi connectivity index (χ3n) is 6.62. The number of aromatic amines is 1. The number of rotatable bonds is 6. The van der Waals surface area contributed by atoms with Crippen molar-refractivity contribution in [3.05, 3.63) is 65.7 Å². The molecule has 8 nitrogen and oxygen atoms in total. The number of sulfone groups is 1. The summed E-state index contributed by atoms with van der Waals surface area (Å²) in [5.41, 5.74) is 3.67. The standard InChI is InChI=1S/C27H28FN5O3S/c1-15(2)25(19-7-6-17-5-4-10-37(35,36)24(17)12-19)33-27-20-13-23(32-26(20)29-14-30-27)18-8-9-22(21(28)11-18)31-16(3)34/h6-9,11-15,25H,4-5,10H2,1-3H3,(H,31,34)(H2,29,30,32,33)/t25-/m1/s1. The van der Waals surface area contributed by atoms with Gasteiger partial charge in [-0.15, -0.1) is 0 Å². The molecule has 0 saturated carbocycles. The molecule has 192 valence electrons. The van der Waals surface area contributed by atoms with Crippen molar-refractivity contribution < 1.29 is 17.6 Å². The van der Waals surface area contributed by atoms with Crippen LogP contribution in [0.1, 0.15) is 44.4 Å². The first-order chi connectivity index (χ1) is 17.6. The molecule has 2 aromatic heterocycles. The van der Waals surface area contributed by atoms with E-state index in [1.807, 2.05) is 18.2 Å². The number of nitrogens with one attached hydrogen (secondary N) is 3. The van der Waals surface area contributed by atoms with Gasteiger partial charge in [-0.1, -0.05) is 32.0 Å². The molecule has 0 bridgehead atoms. The Kier molecular flexibility index (Phi) is 6.45. The second kappa shape index (κ2) is 9.59. The molecule has 0 unspecified atom stereocenters. The van der Waals surface area contributed by atoms with E-state index in [1.54, 1.807) is 12.1 Å². The van der Waals surface area contributed by atoms with Crippen LogP contribution in [-0.2, 0) is 21.1 Å². The number of aromatic nitrogens is 3. The Morgan fingerprint density at radius 3 is 2.65 bits per heavy atom. The summed E-state index contributed by atoms with van der Waals surface area (Å²) in [6.45, 7) is 5.45. The van der Waals surface area contributed by atoms with E-state index in [9.17, 15) is 17.6 Å².